The molecule has 2 aromatic rings. The summed E-state index contributed by atoms with van der Waals surface area (Å²) in [4.78, 5) is 37.1. The van der Waals surface area contributed by atoms with Crippen LogP contribution in [0.15, 0.2) is 49.4 Å². The van der Waals surface area contributed by atoms with Crippen LogP contribution in [-0.2, 0) is 13.1 Å². The minimum atomic E-state index is -0.493. The molecule has 2 rings (SSSR count). The maximum absolute atomic E-state index is 11.7. The maximum Gasteiger partial charge on any atom is 0.328 e. The molecular weight excluding hydrogens is 302 g/mol. The number of aromatic amines is 1. The summed E-state index contributed by atoms with van der Waals surface area (Å²) in [5.74, 6) is 0. The zero-order valence-electron chi connectivity index (χ0n) is 9.30. The lowest BCUT2D eigenvalue weighted by molar-refractivity contribution is 0.531. The van der Waals surface area contributed by atoms with E-state index in [1.807, 2.05) is 0 Å². The highest BCUT2D eigenvalue weighted by Crippen LogP contribution is 1.96. The second kappa shape index (κ2) is 5.18. The molecule has 0 bridgehead atoms. The van der Waals surface area contributed by atoms with E-state index in [9.17, 15) is 14.4 Å². The summed E-state index contributed by atoms with van der Waals surface area (Å²) >= 11 is 3.05. The van der Waals surface area contributed by atoms with Crippen LogP contribution in [0.2, 0.25) is 0 Å². The molecule has 2 heterocycles. The lowest BCUT2D eigenvalue weighted by Gasteiger charge is -2.06. The number of pyridine rings is 1. The molecule has 94 valence electrons. The zero-order valence-corrected chi connectivity index (χ0v) is 10.9. The van der Waals surface area contributed by atoms with Crippen molar-refractivity contribution in [1.82, 2.24) is 14.1 Å². The molecule has 18 heavy (non-hydrogen) atoms. The monoisotopic (exact) mass is 311 g/mol. The fourth-order valence-electron chi connectivity index (χ4n) is 1.54. The molecule has 0 saturated carbocycles. The van der Waals surface area contributed by atoms with Gasteiger partial charge >= 0.3 is 5.69 Å². The Kier molecular flexibility index (Phi) is 3.61. The van der Waals surface area contributed by atoms with Gasteiger partial charge in [0.1, 0.15) is 0 Å². The number of rotatable bonds is 3. The van der Waals surface area contributed by atoms with E-state index in [1.54, 1.807) is 18.3 Å². The van der Waals surface area contributed by atoms with E-state index in [0.717, 1.165) is 4.57 Å². The van der Waals surface area contributed by atoms with E-state index >= 15 is 0 Å². The van der Waals surface area contributed by atoms with Crippen LogP contribution in [0.25, 0.3) is 0 Å². The standard InChI is InChI=1S/C11H10BrN3O3/c12-8-7-13-11(18)15(10(8)17)6-5-14-4-2-1-3-9(14)16/h1-4,7H,5-6H2,(H,13,18). The highest BCUT2D eigenvalue weighted by atomic mass is 79.9. The van der Waals surface area contributed by atoms with Crippen LogP contribution in [0.3, 0.4) is 0 Å². The molecule has 6 nitrogen and oxygen atoms in total. The van der Waals surface area contributed by atoms with Gasteiger partial charge in [-0.05, 0) is 22.0 Å². The van der Waals surface area contributed by atoms with E-state index in [2.05, 4.69) is 20.9 Å². The Labute approximate surface area is 110 Å². The molecule has 1 N–H and O–H groups in total. The number of H-pyrrole nitrogens is 1. The van der Waals surface area contributed by atoms with Crippen molar-refractivity contribution >= 4 is 15.9 Å². The van der Waals surface area contributed by atoms with Gasteiger partial charge in [-0.25, -0.2) is 4.79 Å². The van der Waals surface area contributed by atoms with Crippen molar-refractivity contribution in [1.29, 1.82) is 0 Å². The molecule has 0 amide bonds. The first-order chi connectivity index (χ1) is 8.59. The topological polar surface area (TPSA) is 76.9 Å². The first kappa shape index (κ1) is 12.6. The lowest BCUT2D eigenvalue weighted by Crippen LogP contribution is -2.37. The fraction of sp³-hybridized carbons (Fsp3) is 0.182. The first-order valence-electron chi connectivity index (χ1n) is 5.23. The second-order valence-electron chi connectivity index (χ2n) is 3.63. The Hall–Kier alpha value is -1.89. The number of hydrogen-bond acceptors (Lipinski definition) is 3. The SMILES string of the molecule is O=c1ccccn1CCn1c(=O)[nH]cc(Br)c1=O. The van der Waals surface area contributed by atoms with Crippen molar-refractivity contribution in [2.75, 3.05) is 0 Å². The molecule has 0 unspecified atom stereocenters. The van der Waals surface area contributed by atoms with Gasteiger partial charge in [-0.15, -0.1) is 0 Å². The van der Waals surface area contributed by atoms with Gasteiger partial charge in [0.05, 0.1) is 4.47 Å². The summed E-state index contributed by atoms with van der Waals surface area (Å²) in [5, 5.41) is 0. The minimum Gasteiger partial charge on any atom is -0.314 e. The molecule has 0 aliphatic rings. The zero-order chi connectivity index (χ0) is 13.1. The van der Waals surface area contributed by atoms with Crippen molar-refractivity contribution in [2.45, 2.75) is 13.1 Å². The molecule has 7 heteroatoms. The largest absolute Gasteiger partial charge is 0.328 e. The van der Waals surface area contributed by atoms with Crippen LogP contribution in [-0.4, -0.2) is 14.1 Å². The number of aromatic nitrogens is 3. The van der Waals surface area contributed by atoms with Crippen molar-refractivity contribution in [3.8, 4) is 0 Å². The van der Waals surface area contributed by atoms with E-state index < -0.39 is 11.2 Å². The van der Waals surface area contributed by atoms with Crippen LogP contribution in [0.5, 0.6) is 0 Å². The van der Waals surface area contributed by atoms with Crippen molar-refractivity contribution in [3.63, 3.8) is 0 Å². The van der Waals surface area contributed by atoms with Crippen molar-refractivity contribution in [2.24, 2.45) is 0 Å². The van der Waals surface area contributed by atoms with Gasteiger partial charge in [0.25, 0.3) is 11.1 Å². The molecular formula is C11H10BrN3O3. The van der Waals surface area contributed by atoms with Gasteiger partial charge in [0.2, 0.25) is 0 Å². The molecule has 0 aromatic carbocycles. The third-order valence-corrected chi connectivity index (χ3v) is 3.05. The predicted molar refractivity (Wildman–Crippen MR) is 69.7 cm³/mol. The number of halogens is 1. The fourth-order valence-corrected chi connectivity index (χ4v) is 1.87. The number of nitrogens with one attached hydrogen (secondary N) is 1. The average Bonchev–Trinajstić information content (AvgIpc) is 2.36. The Morgan fingerprint density at radius 3 is 2.67 bits per heavy atom. The predicted octanol–water partition coefficient (Wildman–Crippen LogP) is 0.161. The molecule has 0 radical (unpaired) electrons. The minimum absolute atomic E-state index is 0.136. The molecule has 0 spiro atoms. The summed E-state index contributed by atoms with van der Waals surface area (Å²) in [6, 6.07) is 4.78. The third-order valence-electron chi connectivity index (χ3n) is 2.48. The molecule has 0 saturated heterocycles. The van der Waals surface area contributed by atoms with Gasteiger partial charge in [0, 0.05) is 31.5 Å². The second-order valence-corrected chi connectivity index (χ2v) is 4.49. The third kappa shape index (κ3) is 2.51. The summed E-state index contributed by atoms with van der Waals surface area (Å²) in [6.07, 6.45) is 2.91. The van der Waals surface area contributed by atoms with E-state index in [1.165, 1.54) is 16.8 Å². The van der Waals surface area contributed by atoms with Crippen LogP contribution >= 0.6 is 15.9 Å². The Bertz CT molecular complexity index is 729. The van der Waals surface area contributed by atoms with Gasteiger partial charge < -0.3 is 9.55 Å². The number of nitrogens with zero attached hydrogens (tertiary/aromatic N) is 2. The Balaban J connectivity index is 2.30. The normalized spacial score (nSPS) is 10.5. The van der Waals surface area contributed by atoms with Crippen LogP contribution in [0.4, 0.5) is 0 Å². The van der Waals surface area contributed by atoms with Crippen molar-refractivity contribution < 1.29 is 0 Å². The van der Waals surface area contributed by atoms with Gasteiger partial charge in [-0.3, -0.25) is 14.2 Å². The highest BCUT2D eigenvalue weighted by Gasteiger charge is 2.05. The number of hydrogen-bond donors (Lipinski definition) is 1. The van der Waals surface area contributed by atoms with Crippen LogP contribution in [0, 0.1) is 0 Å². The van der Waals surface area contributed by atoms with E-state index in [4.69, 9.17) is 0 Å². The van der Waals surface area contributed by atoms with E-state index in [0.29, 0.717) is 0 Å². The first-order valence-corrected chi connectivity index (χ1v) is 6.02. The van der Waals surface area contributed by atoms with Crippen LogP contribution < -0.4 is 16.8 Å². The van der Waals surface area contributed by atoms with Gasteiger partial charge in [0.15, 0.2) is 0 Å². The smallest absolute Gasteiger partial charge is 0.314 e. The van der Waals surface area contributed by atoms with E-state index in [-0.39, 0.29) is 23.1 Å². The molecule has 0 fully saturated rings. The highest BCUT2D eigenvalue weighted by molar-refractivity contribution is 9.10. The molecule has 0 aliphatic heterocycles. The quantitative estimate of drug-likeness (QED) is 0.877. The summed E-state index contributed by atoms with van der Waals surface area (Å²) in [6.45, 7) is 0.399. The van der Waals surface area contributed by atoms with Gasteiger partial charge in [-0.1, -0.05) is 6.07 Å². The van der Waals surface area contributed by atoms with Crippen molar-refractivity contribution in [3.05, 3.63) is 66.3 Å². The summed E-state index contributed by atoms with van der Waals surface area (Å²) in [5.41, 5.74) is -1.08. The summed E-state index contributed by atoms with van der Waals surface area (Å²) in [7, 11) is 0. The molecule has 0 aliphatic carbocycles. The number of aryl methyl sites for hydroxylation is 1. The van der Waals surface area contributed by atoms with Crippen LogP contribution in [0.1, 0.15) is 0 Å². The average molecular weight is 312 g/mol. The summed E-state index contributed by atoms with van der Waals surface area (Å²) < 4.78 is 2.76. The van der Waals surface area contributed by atoms with Gasteiger partial charge in [-0.2, -0.15) is 0 Å². The molecule has 2 aromatic heterocycles. The molecule has 0 atom stereocenters. The lowest BCUT2D eigenvalue weighted by atomic mass is 10.4. The maximum atomic E-state index is 11.7. The Morgan fingerprint density at radius 2 is 1.94 bits per heavy atom. The Morgan fingerprint density at radius 1 is 1.17 bits per heavy atom.